The molecular weight excluding hydrogens is 265 g/mol. The van der Waals surface area contributed by atoms with Crippen LogP contribution in [0.15, 0.2) is 48.7 Å². The Balaban J connectivity index is 2.08. The summed E-state index contributed by atoms with van der Waals surface area (Å²) in [6.45, 7) is 0.319. The Bertz CT molecular complexity index is 910. The van der Waals surface area contributed by atoms with Crippen LogP contribution in [0.4, 0.5) is 4.39 Å². The second-order valence-electron chi connectivity index (χ2n) is 4.68. The molecule has 3 nitrogen and oxygen atoms in total. The van der Waals surface area contributed by atoms with Crippen molar-refractivity contribution in [2.75, 3.05) is 0 Å². The van der Waals surface area contributed by atoms with Crippen molar-refractivity contribution in [3.63, 3.8) is 0 Å². The minimum Gasteiger partial charge on any atom is -0.343 e. The number of rotatable bonds is 2. The number of nitrogens with zero attached hydrogens (tertiary/aromatic N) is 3. The highest BCUT2D eigenvalue weighted by Crippen LogP contribution is 2.22. The van der Waals surface area contributed by atoms with Gasteiger partial charge in [-0.1, -0.05) is 18.2 Å². The molecule has 0 bridgehead atoms. The Morgan fingerprint density at radius 3 is 2.43 bits per heavy atom. The highest BCUT2D eigenvalue weighted by molar-refractivity contribution is 5.86. The van der Waals surface area contributed by atoms with E-state index in [9.17, 15) is 4.39 Å². The molecule has 3 rings (SSSR count). The third-order valence-corrected chi connectivity index (χ3v) is 3.47. The van der Waals surface area contributed by atoms with Crippen molar-refractivity contribution in [2.45, 2.75) is 6.54 Å². The fraction of sp³-hybridized carbons (Fsp3) is 0.0588. The summed E-state index contributed by atoms with van der Waals surface area (Å²) in [6.07, 6.45) is 1.82. The predicted octanol–water partition coefficient (Wildman–Crippen LogP) is 3.57. The average molecular weight is 275 g/mol. The molecule has 0 saturated heterocycles. The molecule has 100 valence electrons. The topological polar surface area (TPSA) is 52.5 Å². The van der Waals surface area contributed by atoms with Crippen molar-refractivity contribution in [1.29, 1.82) is 10.5 Å². The van der Waals surface area contributed by atoms with Crippen molar-refractivity contribution in [2.24, 2.45) is 0 Å². The molecule has 2 aromatic carbocycles. The normalized spacial score (nSPS) is 10.2. The molecule has 0 fully saturated rings. The molecule has 4 heteroatoms. The molecule has 3 aromatic rings. The second kappa shape index (κ2) is 5.11. The molecule has 0 unspecified atom stereocenters. The number of benzene rings is 2. The monoisotopic (exact) mass is 275 g/mol. The van der Waals surface area contributed by atoms with Crippen molar-refractivity contribution in [3.05, 3.63) is 71.2 Å². The molecule has 0 N–H and O–H groups in total. The van der Waals surface area contributed by atoms with Crippen molar-refractivity contribution in [1.82, 2.24) is 4.57 Å². The molecule has 0 aliphatic heterocycles. The first-order chi connectivity index (χ1) is 10.2. The first-order valence-electron chi connectivity index (χ1n) is 6.40. The first-order valence-corrected chi connectivity index (χ1v) is 6.40. The van der Waals surface area contributed by atoms with E-state index in [1.165, 1.54) is 6.07 Å². The quantitative estimate of drug-likeness (QED) is 0.717. The SMILES string of the molecule is N#Cc1cccc(Cn2ccc3c(C#N)cccc32)c1F. The Morgan fingerprint density at radius 1 is 0.952 bits per heavy atom. The van der Waals surface area contributed by atoms with E-state index in [2.05, 4.69) is 6.07 Å². The summed E-state index contributed by atoms with van der Waals surface area (Å²) < 4.78 is 16.0. The van der Waals surface area contributed by atoms with Crippen molar-refractivity contribution >= 4 is 10.9 Å². The van der Waals surface area contributed by atoms with Gasteiger partial charge in [0.25, 0.3) is 0 Å². The van der Waals surface area contributed by atoms with E-state index >= 15 is 0 Å². The Labute approximate surface area is 121 Å². The van der Waals surface area contributed by atoms with Crippen LogP contribution in [0.3, 0.4) is 0 Å². The van der Waals surface area contributed by atoms with Gasteiger partial charge in [-0.05, 0) is 24.3 Å². The smallest absolute Gasteiger partial charge is 0.145 e. The van der Waals surface area contributed by atoms with E-state index in [4.69, 9.17) is 10.5 Å². The largest absolute Gasteiger partial charge is 0.343 e. The summed E-state index contributed by atoms with van der Waals surface area (Å²) in [4.78, 5) is 0. The van der Waals surface area contributed by atoms with Crippen molar-refractivity contribution < 1.29 is 4.39 Å². The summed E-state index contributed by atoms with van der Waals surface area (Å²) in [7, 11) is 0. The number of halogens is 1. The molecular formula is C17H10FN3. The van der Waals surface area contributed by atoms with E-state index in [0.29, 0.717) is 17.7 Å². The maximum absolute atomic E-state index is 14.1. The van der Waals surface area contributed by atoms with Gasteiger partial charge in [0.05, 0.1) is 23.7 Å². The van der Waals surface area contributed by atoms with Crippen LogP contribution in [0.2, 0.25) is 0 Å². The molecule has 0 aliphatic carbocycles. The maximum atomic E-state index is 14.1. The predicted molar refractivity (Wildman–Crippen MR) is 76.9 cm³/mol. The van der Waals surface area contributed by atoms with Gasteiger partial charge >= 0.3 is 0 Å². The zero-order chi connectivity index (χ0) is 14.8. The number of hydrogen-bond donors (Lipinski definition) is 0. The Hall–Kier alpha value is -3.11. The fourth-order valence-corrected chi connectivity index (χ4v) is 2.43. The van der Waals surface area contributed by atoms with E-state index in [1.54, 1.807) is 24.3 Å². The Morgan fingerprint density at radius 2 is 1.67 bits per heavy atom. The zero-order valence-electron chi connectivity index (χ0n) is 11.0. The van der Waals surface area contributed by atoms with Gasteiger partial charge in [0.1, 0.15) is 11.9 Å². The molecule has 21 heavy (non-hydrogen) atoms. The van der Waals surface area contributed by atoms with Crippen LogP contribution in [0.5, 0.6) is 0 Å². The van der Waals surface area contributed by atoms with Crippen LogP contribution in [0, 0.1) is 28.5 Å². The van der Waals surface area contributed by atoms with Gasteiger partial charge in [0.2, 0.25) is 0 Å². The maximum Gasteiger partial charge on any atom is 0.145 e. The first kappa shape index (κ1) is 12.9. The lowest BCUT2D eigenvalue weighted by Crippen LogP contribution is -2.02. The number of hydrogen-bond acceptors (Lipinski definition) is 2. The highest BCUT2D eigenvalue weighted by Gasteiger charge is 2.10. The molecule has 1 heterocycles. The van der Waals surface area contributed by atoms with Gasteiger partial charge in [0.15, 0.2) is 0 Å². The lowest BCUT2D eigenvalue weighted by molar-refractivity contribution is 0.598. The summed E-state index contributed by atoms with van der Waals surface area (Å²) >= 11 is 0. The molecule has 0 radical (unpaired) electrons. The molecule has 0 saturated carbocycles. The lowest BCUT2D eigenvalue weighted by atomic mass is 10.1. The van der Waals surface area contributed by atoms with Gasteiger partial charge in [-0.2, -0.15) is 10.5 Å². The summed E-state index contributed by atoms with van der Waals surface area (Å²) in [5.41, 5.74) is 1.96. The van der Waals surface area contributed by atoms with Gasteiger partial charge in [0, 0.05) is 22.7 Å². The third kappa shape index (κ3) is 2.13. The summed E-state index contributed by atoms with van der Waals surface area (Å²) in [5, 5.41) is 18.8. The van der Waals surface area contributed by atoms with Gasteiger partial charge in [-0.3, -0.25) is 0 Å². The lowest BCUT2D eigenvalue weighted by Gasteiger charge is -2.08. The minimum atomic E-state index is -0.488. The van der Waals surface area contributed by atoms with Gasteiger partial charge in [-0.15, -0.1) is 0 Å². The van der Waals surface area contributed by atoms with Crippen molar-refractivity contribution in [3.8, 4) is 12.1 Å². The van der Waals surface area contributed by atoms with E-state index < -0.39 is 5.82 Å². The average Bonchev–Trinajstić information content (AvgIpc) is 2.92. The fourth-order valence-electron chi connectivity index (χ4n) is 2.43. The molecule has 0 amide bonds. The van der Waals surface area contributed by atoms with E-state index in [-0.39, 0.29) is 5.56 Å². The van der Waals surface area contributed by atoms with E-state index in [0.717, 1.165) is 10.9 Å². The van der Waals surface area contributed by atoms with Crippen LogP contribution in [-0.4, -0.2) is 4.57 Å². The van der Waals surface area contributed by atoms with Crippen LogP contribution in [-0.2, 0) is 6.54 Å². The molecule has 0 aliphatic rings. The summed E-state index contributed by atoms with van der Waals surface area (Å²) in [6, 6.07) is 16.1. The summed E-state index contributed by atoms with van der Waals surface area (Å²) in [5.74, 6) is -0.488. The minimum absolute atomic E-state index is 0.0432. The molecule has 0 spiro atoms. The van der Waals surface area contributed by atoms with Crippen LogP contribution in [0.25, 0.3) is 10.9 Å². The number of nitriles is 2. The van der Waals surface area contributed by atoms with Gasteiger partial charge in [-0.25, -0.2) is 4.39 Å². The number of aromatic nitrogens is 1. The number of fused-ring (bicyclic) bond motifs is 1. The molecule has 0 atom stereocenters. The van der Waals surface area contributed by atoms with Crippen LogP contribution < -0.4 is 0 Å². The standard InChI is InChI=1S/C17H10FN3/c18-17-13(10-20)4-1-5-14(17)11-21-8-7-15-12(9-19)3-2-6-16(15)21/h1-8H,11H2. The Kier molecular flexibility index (Phi) is 3.14. The van der Waals surface area contributed by atoms with Crippen LogP contribution >= 0.6 is 0 Å². The molecule has 1 aromatic heterocycles. The van der Waals surface area contributed by atoms with E-state index in [1.807, 2.05) is 29.0 Å². The highest BCUT2D eigenvalue weighted by atomic mass is 19.1. The zero-order valence-corrected chi connectivity index (χ0v) is 11.0. The second-order valence-corrected chi connectivity index (χ2v) is 4.68. The van der Waals surface area contributed by atoms with Crippen LogP contribution in [0.1, 0.15) is 16.7 Å². The third-order valence-electron chi connectivity index (χ3n) is 3.47. The van der Waals surface area contributed by atoms with Gasteiger partial charge < -0.3 is 4.57 Å².